The van der Waals surface area contributed by atoms with E-state index in [0.717, 1.165) is 31.6 Å². The van der Waals surface area contributed by atoms with Crippen LogP contribution in [0.2, 0.25) is 0 Å². The van der Waals surface area contributed by atoms with Crippen molar-refractivity contribution in [3.05, 3.63) is 29.3 Å². The number of hydrogen-bond acceptors (Lipinski definition) is 2. The minimum Gasteiger partial charge on any atom is -0.493 e. The molecule has 0 fully saturated rings. The molecule has 0 unspecified atom stereocenters. The molecule has 0 saturated carbocycles. The van der Waals surface area contributed by atoms with Gasteiger partial charge in [-0.05, 0) is 37.0 Å². The molecule has 0 aliphatic rings. The molecule has 1 rings (SSSR count). The van der Waals surface area contributed by atoms with E-state index in [9.17, 15) is 0 Å². The van der Waals surface area contributed by atoms with Gasteiger partial charge in [0.05, 0.1) is 6.61 Å². The smallest absolute Gasteiger partial charge is 0.122 e. The van der Waals surface area contributed by atoms with Crippen LogP contribution in [0.15, 0.2) is 18.2 Å². The van der Waals surface area contributed by atoms with E-state index < -0.39 is 0 Å². The van der Waals surface area contributed by atoms with Crippen molar-refractivity contribution < 1.29 is 4.74 Å². The van der Waals surface area contributed by atoms with Crippen LogP contribution in [0.25, 0.3) is 0 Å². The molecule has 0 aliphatic heterocycles. The highest BCUT2D eigenvalue weighted by molar-refractivity contribution is 5.37. The molecule has 90 valence electrons. The molecule has 2 nitrogen and oxygen atoms in total. The highest BCUT2D eigenvalue weighted by Crippen LogP contribution is 2.23. The first-order valence-electron chi connectivity index (χ1n) is 6.18. The molecule has 0 heterocycles. The first-order valence-corrected chi connectivity index (χ1v) is 6.18. The van der Waals surface area contributed by atoms with Gasteiger partial charge in [0.15, 0.2) is 0 Å². The molecule has 1 aromatic carbocycles. The van der Waals surface area contributed by atoms with E-state index in [-0.39, 0.29) is 6.04 Å². The minimum absolute atomic E-state index is 0.156. The molecule has 1 aromatic rings. The van der Waals surface area contributed by atoms with Crippen molar-refractivity contribution in [2.75, 3.05) is 6.61 Å². The van der Waals surface area contributed by atoms with Gasteiger partial charge in [-0.15, -0.1) is 0 Å². The van der Waals surface area contributed by atoms with Gasteiger partial charge in [-0.2, -0.15) is 0 Å². The maximum absolute atomic E-state index is 6.08. The van der Waals surface area contributed by atoms with Crippen molar-refractivity contribution in [1.82, 2.24) is 0 Å². The Morgan fingerprint density at radius 1 is 1.25 bits per heavy atom. The summed E-state index contributed by atoms with van der Waals surface area (Å²) in [6.45, 7) is 7.13. The van der Waals surface area contributed by atoms with E-state index in [0.29, 0.717) is 0 Å². The van der Waals surface area contributed by atoms with Crippen molar-refractivity contribution in [2.24, 2.45) is 5.73 Å². The summed E-state index contributed by atoms with van der Waals surface area (Å²) in [7, 11) is 0. The number of ether oxygens (including phenoxy) is 1. The molecule has 16 heavy (non-hydrogen) atoms. The Hall–Kier alpha value is -1.02. The topological polar surface area (TPSA) is 35.2 Å². The summed E-state index contributed by atoms with van der Waals surface area (Å²) < 4.78 is 5.64. The fraction of sp³-hybridized carbons (Fsp3) is 0.571. The van der Waals surface area contributed by atoms with E-state index in [1.165, 1.54) is 11.1 Å². The normalized spacial score (nSPS) is 12.5. The highest BCUT2D eigenvalue weighted by Gasteiger charge is 2.07. The molecule has 0 radical (unpaired) electrons. The summed E-state index contributed by atoms with van der Waals surface area (Å²) in [6, 6.07) is 6.42. The van der Waals surface area contributed by atoms with Crippen LogP contribution in [0, 0.1) is 6.92 Å². The Kier molecular flexibility index (Phi) is 5.33. The van der Waals surface area contributed by atoms with Crippen LogP contribution < -0.4 is 10.5 Å². The Bertz CT molecular complexity index is 323. The quantitative estimate of drug-likeness (QED) is 0.796. The monoisotopic (exact) mass is 221 g/mol. The summed E-state index contributed by atoms with van der Waals surface area (Å²) in [5, 5.41) is 0. The zero-order valence-corrected chi connectivity index (χ0v) is 10.6. The van der Waals surface area contributed by atoms with Gasteiger partial charge in [0, 0.05) is 6.04 Å². The summed E-state index contributed by atoms with van der Waals surface area (Å²) in [6.07, 6.45) is 3.19. The van der Waals surface area contributed by atoms with Crippen LogP contribution in [-0.2, 0) is 0 Å². The second-order valence-electron chi connectivity index (χ2n) is 4.27. The maximum atomic E-state index is 6.08. The van der Waals surface area contributed by atoms with E-state index >= 15 is 0 Å². The fourth-order valence-electron chi connectivity index (χ4n) is 1.75. The molecule has 0 aliphatic carbocycles. The van der Waals surface area contributed by atoms with Crippen LogP contribution in [-0.4, -0.2) is 6.61 Å². The van der Waals surface area contributed by atoms with Gasteiger partial charge in [-0.1, -0.05) is 32.4 Å². The molecular weight excluding hydrogens is 198 g/mol. The van der Waals surface area contributed by atoms with Gasteiger partial charge in [0.25, 0.3) is 0 Å². The molecule has 0 saturated heterocycles. The standard InChI is InChI=1S/C14H23NO/c1-4-6-13(15)12-7-8-14(11(3)10-12)16-9-5-2/h7-8,10,13H,4-6,9,15H2,1-3H3/t13-/m0/s1. The van der Waals surface area contributed by atoms with E-state index in [4.69, 9.17) is 10.5 Å². The predicted molar refractivity (Wildman–Crippen MR) is 68.8 cm³/mol. The van der Waals surface area contributed by atoms with Crippen LogP contribution in [0.3, 0.4) is 0 Å². The van der Waals surface area contributed by atoms with E-state index in [2.05, 4.69) is 32.9 Å². The first-order chi connectivity index (χ1) is 7.69. The third kappa shape index (κ3) is 3.53. The van der Waals surface area contributed by atoms with Gasteiger partial charge in [-0.3, -0.25) is 0 Å². The minimum atomic E-state index is 0.156. The van der Waals surface area contributed by atoms with Crippen LogP contribution in [0.4, 0.5) is 0 Å². The molecule has 0 amide bonds. The van der Waals surface area contributed by atoms with Gasteiger partial charge in [-0.25, -0.2) is 0 Å². The second-order valence-corrected chi connectivity index (χ2v) is 4.27. The van der Waals surface area contributed by atoms with Gasteiger partial charge in [0.2, 0.25) is 0 Å². The third-order valence-electron chi connectivity index (χ3n) is 2.69. The van der Waals surface area contributed by atoms with Crippen LogP contribution in [0.5, 0.6) is 5.75 Å². The lowest BCUT2D eigenvalue weighted by Crippen LogP contribution is -2.10. The Morgan fingerprint density at radius 2 is 2.00 bits per heavy atom. The predicted octanol–water partition coefficient (Wildman–Crippen LogP) is 3.58. The molecular formula is C14H23NO. The lowest BCUT2D eigenvalue weighted by Gasteiger charge is -2.14. The van der Waals surface area contributed by atoms with Crippen molar-refractivity contribution in [1.29, 1.82) is 0 Å². The highest BCUT2D eigenvalue weighted by atomic mass is 16.5. The lowest BCUT2D eigenvalue weighted by molar-refractivity contribution is 0.315. The van der Waals surface area contributed by atoms with Gasteiger partial charge >= 0.3 is 0 Å². The number of nitrogens with two attached hydrogens (primary N) is 1. The fourth-order valence-corrected chi connectivity index (χ4v) is 1.75. The number of rotatable bonds is 6. The number of hydrogen-bond donors (Lipinski definition) is 1. The summed E-state index contributed by atoms with van der Waals surface area (Å²) >= 11 is 0. The Morgan fingerprint density at radius 3 is 2.56 bits per heavy atom. The average Bonchev–Trinajstić information content (AvgIpc) is 2.27. The Balaban J connectivity index is 2.73. The molecule has 0 spiro atoms. The van der Waals surface area contributed by atoms with E-state index in [1.54, 1.807) is 0 Å². The third-order valence-corrected chi connectivity index (χ3v) is 2.69. The molecule has 2 heteroatoms. The molecule has 0 aromatic heterocycles. The molecule has 0 bridgehead atoms. The summed E-state index contributed by atoms with van der Waals surface area (Å²) in [5.41, 5.74) is 8.47. The Labute approximate surface area is 98.8 Å². The zero-order valence-electron chi connectivity index (χ0n) is 10.6. The van der Waals surface area contributed by atoms with Crippen LogP contribution in [0.1, 0.15) is 50.3 Å². The number of benzene rings is 1. The van der Waals surface area contributed by atoms with Crippen molar-refractivity contribution in [3.8, 4) is 5.75 Å². The molecule has 1 atom stereocenters. The second kappa shape index (κ2) is 6.54. The van der Waals surface area contributed by atoms with E-state index in [1.807, 2.05) is 6.07 Å². The summed E-state index contributed by atoms with van der Waals surface area (Å²) in [5.74, 6) is 0.981. The van der Waals surface area contributed by atoms with Crippen molar-refractivity contribution in [3.63, 3.8) is 0 Å². The van der Waals surface area contributed by atoms with Crippen molar-refractivity contribution >= 4 is 0 Å². The van der Waals surface area contributed by atoms with Crippen LogP contribution >= 0.6 is 0 Å². The largest absolute Gasteiger partial charge is 0.493 e. The maximum Gasteiger partial charge on any atom is 0.122 e. The lowest BCUT2D eigenvalue weighted by atomic mass is 10.0. The summed E-state index contributed by atoms with van der Waals surface area (Å²) in [4.78, 5) is 0. The SMILES string of the molecule is CCCOc1ccc([C@@H](N)CCC)cc1C. The van der Waals surface area contributed by atoms with Gasteiger partial charge < -0.3 is 10.5 Å². The average molecular weight is 221 g/mol. The number of aryl methyl sites for hydroxylation is 1. The van der Waals surface area contributed by atoms with Crippen molar-refractivity contribution in [2.45, 2.75) is 46.1 Å². The molecule has 2 N–H and O–H groups in total. The van der Waals surface area contributed by atoms with Gasteiger partial charge in [0.1, 0.15) is 5.75 Å². The first kappa shape index (κ1) is 13.0. The zero-order chi connectivity index (χ0) is 12.0.